The first-order valence-electron chi connectivity index (χ1n) is 35.2. The summed E-state index contributed by atoms with van der Waals surface area (Å²) in [6.45, 7) is 6.76. The van der Waals surface area contributed by atoms with Gasteiger partial charge in [-0.15, -0.1) is 11.3 Å². The van der Waals surface area contributed by atoms with Crippen LogP contribution < -0.4 is 18.9 Å². The van der Waals surface area contributed by atoms with Crippen LogP contribution in [0.4, 0.5) is 17.6 Å². The Morgan fingerprint density at radius 1 is 0.564 bits per heavy atom. The van der Waals surface area contributed by atoms with Crippen LogP contribution in [0.1, 0.15) is 111 Å². The normalized spacial score (nSPS) is 14.5. The quantitative estimate of drug-likeness (QED) is 0.0450. The number of thiocarbonyl (C=S) groups is 1. The molecule has 0 saturated heterocycles. The Bertz CT molecular complexity index is 5600. The molecule has 0 fully saturated rings. The minimum atomic E-state index is -4.49. The summed E-state index contributed by atoms with van der Waals surface area (Å²) < 4.78 is 80.7. The number of carbonyl (C=O) groups is 3. The van der Waals surface area contributed by atoms with E-state index in [1.165, 1.54) is 83.4 Å². The lowest BCUT2D eigenvalue weighted by Gasteiger charge is -2.34. The van der Waals surface area contributed by atoms with Gasteiger partial charge >= 0.3 is 6.18 Å². The molecule has 5 aromatic heterocycles. The summed E-state index contributed by atoms with van der Waals surface area (Å²) in [5.41, 5.74) is 10.4. The maximum Gasteiger partial charge on any atom is 0.416 e. The summed E-state index contributed by atoms with van der Waals surface area (Å²) >= 11 is 12.9. The second-order valence-corrected chi connectivity index (χ2v) is 28.2. The van der Waals surface area contributed by atoms with Crippen molar-refractivity contribution in [2.24, 2.45) is 0 Å². The van der Waals surface area contributed by atoms with E-state index in [2.05, 4.69) is 24.1 Å². The first-order valence-corrected chi connectivity index (χ1v) is 36.8. The summed E-state index contributed by atoms with van der Waals surface area (Å²) in [4.78, 5) is 59.7. The number of halogens is 5. The predicted octanol–water partition coefficient (Wildman–Crippen LogP) is 20.2. The van der Waals surface area contributed by atoms with Crippen molar-refractivity contribution in [3.05, 3.63) is 351 Å². The van der Waals surface area contributed by atoms with Gasteiger partial charge in [0.2, 0.25) is 5.91 Å². The van der Waals surface area contributed by atoms with Gasteiger partial charge in [0.1, 0.15) is 105 Å². The number of benzene rings is 7. The highest BCUT2D eigenvalue weighted by molar-refractivity contribution is 7.80. The highest BCUT2D eigenvalue weighted by Gasteiger charge is 2.35. The first kappa shape index (κ1) is 87.7. The van der Waals surface area contributed by atoms with Gasteiger partial charge in [-0.3, -0.25) is 29.3 Å². The van der Waals surface area contributed by atoms with Crippen LogP contribution in [0.3, 0.4) is 0 Å². The predicted molar refractivity (Wildman–Crippen MR) is 450 cm³/mol. The van der Waals surface area contributed by atoms with E-state index < -0.39 is 11.7 Å². The molecule has 604 valence electrons. The van der Waals surface area contributed by atoms with Crippen LogP contribution in [0.2, 0.25) is 4.34 Å². The molecule has 27 heteroatoms. The molecule has 0 bridgehead atoms. The second kappa shape index (κ2) is 39.6. The van der Waals surface area contributed by atoms with E-state index in [0.717, 1.165) is 68.4 Å². The molecule has 20 nitrogen and oxygen atoms in total. The fraction of sp³-hybridized carbons (Fsp3) is 0.167. The van der Waals surface area contributed by atoms with Crippen molar-refractivity contribution in [3.8, 4) is 46.0 Å². The maximum absolute atomic E-state index is 13.7. The Balaban J connectivity index is 0.000000176. The van der Waals surface area contributed by atoms with Crippen LogP contribution in [0, 0.1) is 19.7 Å². The minimum absolute atomic E-state index is 0. The van der Waals surface area contributed by atoms with Crippen molar-refractivity contribution in [3.63, 3.8) is 0 Å². The van der Waals surface area contributed by atoms with Crippen LogP contribution in [-0.2, 0) is 50.0 Å². The molecule has 0 atom stereocenters. The standard InChI is InChI=1S/C23H20N2O3.C22H16F3N3O3.C22H19FN2O2S.C19H15ClN2O3S.4CH4/c1-16-3-2-4-17(13-16)23(27)25-12-10-18-14-24-11-9-21(18)22(25)15-28-20-7-5-19(26)6-8-20;23-22(24,25)15-3-1-2-14(10-15)12-28-19(13-31-17-6-4-16(29)5-7-17)21-18(11-20(28)30)26-8-9-27-21;1-15-9-10-24-13-21(28)25(12-16-3-2-4-17(23)11-16)20(22(15)24)14-27-19-7-5-18(26)6-8-19;20-18-8-7-17(26-18)19(24)22-11-10-21-9-1-2-15(21)16(22)12-25-14-5-3-13(23)4-6-14;;;;/h2-9,11,13-15,26H,10,12H2,1H3;1-10,13,29H,11-12H2;2-11,14,26H,12-13H2,1H3;1-9,12,23H,10-11H2;4*1H4. The number of hydrogen-bond acceptors (Lipinski definition) is 16. The van der Waals surface area contributed by atoms with Crippen LogP contribution in [0.5, 0.6) is 46.0 Å². The van der Waals surface area contributed by atoms with Crippen LogP contribution >= 0.6 is 35.2 Å². The number of thiophene rings is 1. The van der Waals surface area contributed by atoms with E-state index in [4.69, 9.17) is 42.8 Å². The summed E-state index contributed by atoms with van der Waals surface area (Å²) in [6, 6.07) is 55.6. The maximum atomic E-state index is 13.7. The number of aryl methyl sites for hydroxylation is 2. The van der Waals surface area contributed by atoms with Crippen molar-refractivity contribution in [2.45, 2.75) is 88.8 Å². The highest BCUT2D eigenvalue weighted by Crippen LogP contribution is 2.37. The van der Waals surface area contributed by atoms with Crippen LogP contribution in [0.15, 0.2) is 268 Å². The summed E-state index contributed by atoms with van der Waals surface area (Å²) in [5.74, 6) is 1.95. The molecule has 4 aliphatic rings. The van der Waals surface area contributed by atoms with E-state index in [-0.39, 0.29) is 94.9 Å². The number of amides is 3. The fourth-order valence-corrected chi connectivity index (χ4v) is 13.9. The number of aromatic hydroxyl groups is 4. The van der Waals surface area contributed by atoms with Gasteiger partial charge in [-0.05, 0) is 212 Å². The molecule has 0 radical (unpaired) electrons. The summed E-state index contributed by atoms with van der Waals surface area (Å²) in [5, 5.41) is 37.7. The SMILES string of the molecule is C.C.C.C.Cc1cccc(C(=O)N2CCc3cnccc3C2=COc2ccc(O)cc2)c1.Cc1ccn2c1C(=COc1ccc(O)cc1)N(Cc1cccc(F)c1)C(=S)C2.O=C(c1ccc(Cl)s1)N1CCn2cccc2C1=COc1ccc(O)cc1.O=C1Cc2nccnc2C(=COc2ccc(O)cc2)N1Cc1cccc(C(F)(F)F)c1. The Morgan fingerprint density at radius 2 is 1.12 bits per heavy atom. The van der Waals surface area contributed by atoms with Crippen molar-refractivity contribution in [1.29, 1.82) is 0 Å². The Kier molecular flexibility index (Phi) is 29.7. The van der Waals surface area contributed by atoms with Crippen molar-refractivity contribution in [2.75, 3.05) is 13.1 Å². The Morgan fingerprint density at radius 3 is 1.71 bits per heavy atom. The number of phenolic OH excluding ortho intramolecular Hbond substituents is 4. The third-order valence-electron chi connectivity index (χ3n) is 18.2. The molecule has 4 N–H and O–H groups in total. The number of nitrogens with zero attached hydrogens (tertiary/aromatic N) is 9. The molecule has 7 aromatic carbocycles. The number of aromatic nitrogens is 5. The number of ether oxygens (including phenoxy) is 4. The van der Waals surface area contributed by atoms with E-state index in [0.29, 0.717) is 98.8 Å². The molecule has 12 aromatic rings. The Labute approximate surface area is 690 Å². The van der Waals surface area contributed by atoms with Gasteiger partial charge in [0.15, 0.2) is 0 Å². The molecular formula is C90H86ClF4N9O11S2. The number of rotatable bonds is 14. The lowest BCUT2D eigenvalue weighted by molar-refractivity contribution is -0.137. The molecule has 0 spiro atoms. The molecular weight excluding hydrogens is 1560 g/mol. The Hall–Kier alpha value is -13.3. The van der Waals surface area contributed by atoms with Crippen molar-refractivity contribution < 1.29 is 71.3 Å². The molecule has 0 unspecified atom stereocenters. The lowest BCUT2D eigenvalue weighted by atomic mass is 9.98. The summed E-state index contributed by atoms with van der Waals surface area (Å²) in [7, 11) is 0. The number of fused-ring (bicyclic) bond motifs is 4. The van der Waals surface area contributed by atoms with Crippen LogP contribution in [0.25, 0.3) is 22.8 Å². The number of alkyl halides is 3. The monoisotopic (exact) mass is 1640 g/mol. The molecule has 3 amide bonds. The number of pyridine rings is 1. The summed E-state index contributed by atoms with van der Waals surface area (Å²) in [6.07, 6.45) is 12.8. The lowest BCUT2D eigenvalue weighted by Crippen LogP contribution is -2.36. The first-order chi connectivity index (χ1) is 54.5. The fourth-order valence-electron chi connectivity index (χ4n) is 12.6. The highest BCUT2D eigenvalue weighted by atomic mass is 35.5. The van der Waals surface area contributed by atoms with Crippen molar-refractivity contribution >= 4 is 80.7 Å². The van der Waals surface area contributed by atoms with E-state index >= 15 is 0 Å². The number of hydrogen-bond donors (Lipinski definition) is 4. The molecule has 4 aliphatic heterocycles. The van der Waals surface area contributed by atoms with E-state index in [1.807, 2.05) is 91.9 Å². The van der Waals surface area contributed by atoms with Crippen molar-refractivity contribution in [1.82, 2.24) is 43.7 Å². The zero-order valence-corrected chi connectivity index (χ0v) is 62.8. The third kappa shape index (κ3) is 21.8. The van der Waals surface area contributed by atoms with Gasteiger partial charge in [-0.25, -0.2) is 4.39 Å². The average molecular weight is 1650 g/mol. The zero-order chi connectivity index (χ0) is 79.3. The number of phenols is 4. The minimum Gasteiger partial charge on any atom is -0.508 e. The largest absolute Gasteiger partial charge is 0.508 e. The third-order valence-corrected chi connectivity index (χ3v) is 19.8. The van der Waals surface area contributed by atoms with E-state index in [1.54, 1.807) is 126 Å². The van der Waals surface area contributed by atoms with Gasteiger partial charge < -0.3 is 68.1 Å². The van der Waals surface area contributed by atoms with Gasteiger partial charge in [0, 0.05) is 74.5 Å². The molecule has 0 saturated carbocycles. The smallest absolute Gasteiger partial charge is 0.416 e. The topological polar surface area (TPSA) is 231 Å². The van der Waals surface area contributed by atoms with Gasteiger partial charge in [0.25, 0.3) is 11.8 Å². The van der Waals surface area contributed by atoms with Gasteiger partial charge in [0.05, 0.1) is 57.1 Å². The molecule has 9 heterocycles. The zero-order valence-electron chi connectivity index (χ0n) is 60.4. The molecule has 0 aliphatic carbocycles. The van der Waals surface area contributed by atoms with E-state index in [9.17, 15) is 52.4 Å². The van der Waals surface area contributed by atoms with Crippen LogP contribution in [-0.4, -0.2) is 99.9 Å². The second-order valence-electron chi connectivity index (χ2n) is 26.0. The van der Waals surface area contributed by atoms with Gasteiger partial charge in [-0.1, -0.05) is 95.5 Å². The average Bonchev–Trinajstić information content (AvgIpc) is 1.77. The molecule has 16 rings (SSSR count). The number of carbonyl (C=O) groups excluding carboxylic acids is 3. The van der Waals surface area contributed by atoms with Gasteiger partial charge in [-0.2, -0.15) is 13.2 Å². The molecule has 117 heavy (non-hydrogen) atoms.